The second-order valence-corrected chi connectivity index (χ2v) is 6.33. The molecule has 5 heteroatoms. The molecular formula is C13H24N2O3. The number of ether oxygens (including phenoxy) is 2. The maximum Gasteiger partial charge on any atom is 0.410 e. The Morgan fingerprint density at radius 3 is 2.61 bits per heavy atom. The van der Waals surface area contributed by atoms with E-state index in [0.29, 0.717) is 25.6 Å². The third-order valence-corrected chi connectivity index (χ3v) is 3.62. The average Bonchev–Trinajstić information content (AvgIpc) is 2.11. The van der Waals surface area contributed by atoms with Crippen LogP contribution in [0.5, 0.6) is 0 Å². The molecular weight excluding hydrogens is 232 g/mol. The van der Waals surface area contributed by atoms with Crippen molar-refractivity contribution >= 4 is 6.09 Å². The maximum atomic E-state index is 12.0. The van der Waals surface area contributed by atoms with Crippen LogP contribution in [0.3, 0.4) is 0 Å². The van der Waals surface area contributed by atoms with E-state index in [1.165, 1.54) is 6.42 Å². The van der Waals surface area contributed by atoms with Gasteiger partial charge in [0.2, 0.25) is 0 Å². The number of carbonyl (C=O) groups is 1. The highest BCUT2D eigenvalue weighted by molar-refractivity contribution is 5.68. The Hall–Kier alpha value is -0.810. The molecule has 2 fully saturated rings. The van der Waals surface area contributed by atoms with Crippen LogP contribution in [0.15, 0.2) is 0 Å². The van der Waals surface area contributed by atoms with Crippen molar-refractivity contribution in [2.24, 2.45) is 11.7 Å². The molecule has 1 heterocycles. The van der Waals surface area contributed by atoms with Gasteiger partial charge in [-0.2, -0.15) is 0 Å². The number of rotatable bonds is 1. The SMILES string of the molecule is CC(C)(C)OC(=O)N1CCOC(N)(C2CCC2)C1. The van der Waals surface area contributed by atoms with Gasteiger partial charge in [0, 0.05) is 12.5 Å². The molecule has 0 spiro atoms. The Morgan fingerprint density at radius 1 is 1.44 bits per heavy atom. The summed E-state index contributed by atoms with van der Waals surface area (Å²) in [5.74, 6) is 0.378. The Bertz CT molecular complexity index is 323. The molecule has 1 unspecified atom stereocenters. The van der Waals surface area contributed by atoms with E-state index in [9.17, 15) is 4.79 Å². The highest BCUT2D eigenvalue weighted by Crippen LogP contribution is 2.37. The predicted octanol–water partition coefficient (Wildman–Crippen LogP) is 1.71. The van der Waals surface area contributed by atoms with Crippen LogP contribution in [0, 0.1) is 5.92 Å². The van der Waals surface area contributed by atoms with Crippen LogP contribution in [-0.2, 0) is 9.47 Å². The van der Waals surface area contributed by atoms with Gasteiger partial charge in [-0.1, -0.05) is 6.42 Å². The van der Waals surface area contributed by atoms with Crippen molar-refractivity contribution in [2.75, 3.05) is 19.7 Å². The first kappa shape index (κ1) is 13.6. The molecule has 1 atom stereocenters. The minimum absolute atomic E-state index is 0.292. The molecule has 0 aromatic heterocycles. The van der Waals surface area contributed by atoms with Crippen molar-refractivity contribution in [1.29, 1.82) is 0 Å². The fourth-order valence-corrected chi connectivity index (χ4v) is 2.40. The van der Waals surface area contributed by atoms with E-state index in [0.717, 1.165) is 12.8 Å². The zero-order valence-corrected chi connectivity index (χ0v) is 11.6. The van der Waals surface area contributed by atoms with Crippen molar-refractivity contribution in [1.82, 2.24) is 4.90 Å². The van der Waals surface area contributed by atoms with E-state index in [4.69, 9.17) is 15.2 Å². The summed E-state index contributed by atoms with van der Waals surface area (Å²) in [6.07, 6.45) is 3.11. The van der Waals surface area contributed by atoms with E-state index < -0.39 is 11.3 Å². The summed E-state index contributed by atoms with van der Waals surface area (Å²) in [7, 11) is 0. The number of amides is 1. The Balaban J connectivity index is 1.95. The minimum atomic E-state index is -0.673. The number of nitrogens with two attached hydrogens (primary N) is 1. The molecule has 18 heavy (non-hydrogen) atoms. The molecule has 104 valence electrons. The third kappa shape index (κ3) is 2.95. The minimum Gasteiger partial charge on any atom is -0.444 e. The van der Waals surface area contributed by atoms with E-state index in [-0.39, 0.29) is 6.09 Å². The third-order valence-electron chi connectivity index (χ3n) is 3.62. The van der Waals surface area contributed by atoms with Crippen molar-refractivity contribution in [3.8, 4) is 0 Å². The second-order valence-electron chi connectivity index (χ2n) is 6.33. The van der Waals surface area contributed by atoms with Crippen LogP contribution in [-0.4, -0.2) is 42.0 Å². The first-order chi connectivity index (χ1) is 8.30. The highest BCUT2D eigenvalue weighted by Gasteiger charge is 2.44. The maximum absolute atomic E-state index is 12.0. The molecule has 0 radical (unpaired) electrons. The van der Waals surface area contributed by atoms with Crippen LogP contribution < -0.4 is 5.73 Å². The molecule has 1 aliphatic carbocycles. The molecule has 5 nitrogen and oxygen atoms in total. The largest absolute Gasteiger partial charge is 0.444 e. The van der Waals surface area contributed by atoms with Gasteiger partial charge < -0.3 is 20.1 Å². The molecule has 2 aliphatic rings. The molecule has 1 saturated heterocycles. The van der Waals surface area contributed by atoms with E-state index in [2.05, 4.69) is 0 Å². The number of hydrogen-bond donors (Lipinski definition) is 1. The normalized spacial score (nSPS) is 29.9. The summed E-state index contributed by atoms with van der Waals surface area (Å²) in [5.41, 5.74) is 5.14. The lowest BCUT2D eigenvalue weighted by atomic mass is 9.77. The average molecular weight is 256 g/mol. The van der Waals surface area contributed by atoms with Gasteiger partial charge in [0.15, 0.2) is 0 Å². The molecule has 2 N–H and O–H groups in total. The Labute approximate surface area is 109 Å². The van der Waals surface area contributed by atoms with Crippen LogP contribution >= 0.6 is 0 Å². The monoisotopic (exact) mass is 256 g/mol. The fourth-order valence-electron chi connectivity index (χ4n) is 2.40. The Kier molecular flexibility index (Phi) is 3.56. The van der Waals surface area contributed by atoms with Crippen molar-refractivity contribution in [3.63, 3.8) is 0 Å². The van der Waals surface area contributed by atoms with E-state index in [1.54, 1.807) is 4.90 Å². The summed E-state index contributed by atoms with van der Waals surface area (Å²) in [6, 6.07) is 0. The summed E-state index contributed by atoms with van der Waals surface area (Å²) >= 11 is 0. The highest BCUT2D eigenvalue weighted by atomic mass is 16.6. The van der Waals surface area contributed by atoms with Crippen LogP contribution in [0.1, 0.15) is 40.0 Å². The van der Waals surface area contributed by atoms with Gasteiger partial charge in [-0.15, -0.1) is 0 Å². The zero-order valence-electron chi connectivity index (χ0n) is 11.6. The Morgan fingerprint density at radius 2 is 2.11 bits per heavy atom. The first-order valence-electron chi connectivity index (χ1n) is 6.71. The first-order valence-corrected chi connectivity index (χ1v) is 6.71. The molecule has 1 amide bonds. The topological polar surface area (TPSA) is 64.8 Å². The van der Waals surface area contributed by atoms with Crippen LogP contribution in [0.2, 0.25) is 0 Å². The molecule has 1 saturated carbocycles. The van der Waals surface area contributed by atoms with Crippen LogP contribution in [0.25, 0.3) is 0 Å². The molecule has 2 rings (SSSR count). The lowest BCUT2D eigenvalue weighted by Gasteiger charge is -2.47. The van der Waals surface area contributed by atoms with E-state index >= 15 is 0 Å². The lowest BCUT2D eigenvalue weighted by Crippen LogP contribution is -2.64. The summed E-state index contributed by atoms with van der Waals surface area (Å²) in [5, 5.41) is 0. The number of hydrogen-bond acceptors (Lipinski definition) is 4. The molecule has 0 bridgehead atoms. The zero-order chi connectivity index (χ0) is 13.4. The summed E-state index contributed by atoms with van der Waals surface area (Å²) < 4.78 is 11.1. The van der Waals surface area contributed by atoms with Gasteiger partial charge in [-0.3, -0.25) is 0 Å². The molecule has 1 aliphatic heterocycles. The number of morpholine rings is 1. The van der Waals surface area contributed by atoms with E-state index in [1.807, 2.05) is 20.8 Å². The van der Waals surface area contributed by atoms with Crippen molar-refractivity contribution in [2.45, 2.75) is 51.4 Å². The standard InChI is InChI=1S/C13H24N2O3/c1-12(2,3)18-11(16)15-7-8-17-13(14,9-15)10-5-4-6-10/h10H,4-9,14H2,1-3H3. The van der Waals surface area contributed by atoms with Gasteiger partial charge in [-0.05, 0) is 33.6 Å². The number of carbonyl (C=O) groups excluding carboxylic acids is 1. The predicted molar refractivity (Wildman–Crippen MR) is 68.0 cm³/mol. The summed E-state index contributed by atoms with van der Waals surface area (Å²) in [6.45, 7) is 7.09. The van der Waals surface area contributed by atoms with Crippen molar-refractivity contribution < 1.29 is 14.3 Å². The summed E-state index contributed by atoms with van der Waals surface area (Å²) in [4.78, 5) is 13.7. The van der Waals surface area contributed by atoms with Gasteiger partial charge >= 0.3 is 6.09 Å². The second kappa shape index (κ2) is 4.70. The van der Waals surface area contributed by atoms with Gasteiger partial charge in [-0.25, -0.2) is 4.79 Å². The molecule has 0 aromatic carbocycles. The number of nitrogens with zero attached hydrogens (tertiary/aromatic N) is 1. The van der Waals surface area contributed by atoms with Gasteiger partial charge in [0.25, 0.3) is 0 Å². The van der Waals surface area contributed by atoms with Gasteiger partial charge in [0.05, 0.1) is 13.2 Å². The van der Waals surface area contributed by atoms with Crippen molar-refractivity contribution in [3.05, 3.63) is 0 Å². The fraction of sp³-hybridized carbons (Fsp3) is 0.923. The van der Waals surface area contributed by atoms with Crippen LogP contribution in [0.4, 0.5) is 4.79 Å². The quantitative estimate of drug-likeness (QED) is 0.775. The smallest absolute Gasteiger partial charge is 0.410 e. The lowest BCUT2D eigenvalue weighted by molar-refractivity contribution is -0.151. The molecule has 0 aromatic rings. The van der Waals surface area contributed by atoms with Gasteiger partial charge in [0.1, 0.15) is 11.3 Å².